The SMILES string of the molecule is COc1ccc(Cc2nc3ccc(C4=NNC(=O)CC4C)cc3[nH]2)cc1. The molecule has 0 fully saturated rings. The Labute approximate surface area is 151 Å². The Balaban J connectivity index is 1.60. The standard InChI is InChI=1S/C20H20N4O2/c1-12-9-19(25)23-24-20(12)14-5-8-16-17(11-14)22-18(21-16)10-13-3-6-15(26-2)7-4-13/h3-8,11-12H,9-10H2,1-2H3,(H,21,22)(H,23,25). The number of fused-ring (bicyclic) bond motifs is 1. The highest BCUT2D eigenvalue weighted by Crippen LogP contribution is 2.21. The van der Waals surface area contributed by atoms with Crippen LogP contribution in [0, 0.1) is 5.92 Å². The maximum Gasteiger partial charge on any atom is 0.240 e. The van der Waals surface area contributed by atoms with Crippen molar-refractivity contribution in [1.29, 1.82) is 0 Å². The zero-order valence-corrected chi connectivity index (χ0v) is 14.7. The topological polar surface area (TPSA) is 79.4 Å². The number of methoxy groups -OCH3 is 1. The molecule has 3 aromatic rings. The van der Waals surface area contributed by atoms with Crippen molar-refractivity contribution in [2.24, 2.45) is 11.0 Å². The summed E-state index contributed by atoms with van der Waals surface area (Å²) in [5, 5.41) is 4.23. The second-order valence-corrected chi connectivity index (χ2v) is 6.58. The zero-order chi connectivity index (χ0) is 18.1. The summed E-state index contributed by atoms with van der Waals surface area (Å²) in [7, 11) is 1.66. The van der Waals surface area contributed by atoms with Crippen molar-refractivity contribution in [1.82, 2.24) is 15.4 Å². The number of ether oxygens (including phenoxy) is 1. The maximum absolute atomic E-state index is 11.4. The van der Waals surface area contributed by atoms with Gasteiger partial charge in [0.1, 0.15) is 11.6 Å². The van der Waals surface area contributed by atoms with E-state index < -0.39 is 0 Å². The highest BCUT2D eigenvalue weighted by Gasteiger charge is 2.22. The summed E-state index contributed by atoms with van der Waals surface area (Å²) in [5.74, 6) is 1.82. The normalized spacial score (nSPS) is 17.1. The molecule has 1 aliphatic rings. The third kappa shape index (κ3) is 3.18. The van der Waals surface area contributed by atoms with E-state index in [1.807, 2.05) is 49.4 Å². The number of nitrogens with one attached hydrogen (secondary N) is 2. The van der Waals surface area contributed by atoms with Crippen molar-refractivity contribution in [3.8, 4) is 5.75 Å². The Morgan fingerprint density at radius 2 is 2.00 bits per heavy atom. The molecule has 0 aliphatic carbocycles. The maximum atomic E-state index is 11.4. The molecule has 1 unspecified atom stereocenters. The molecule has 2 heterocycles. The third-order valence-electron chi connectivity index (χ3n) is 4.62. The lowest BCUT2D eigenvalue weighted by atomic mass is 9.94. The lowest BCUT2D eigenvalue weighted by Gasteiger charge is -2.18. The average molecular weight is 348 g/mol. The lowest BCUT2D eigenvalue weighted by molar-refractivity contribution is -0.121. The number of nitrogens with zero attached hydrogens (tertiary/aromatic N) is 2. The number of aromatic amines is 1. The van der Waals surface area contributed by atoms with Gasteiger partial charge in [0.05, 0.1) is 23.9 Å². The van der Waals surface area contributed by atoms with E-state index in [-0.39, 0.29) is 11.8 Å². The molecule has 0 saturated heterocycles. The van der Waals surface area contributed by atoms with Crippen LogP contribution in [0.25, 0.3) is 11.0 Å². The first kappa shape index (κ1) is 16.3. The summed E-state index contributed by atoms with van der Waals surface area (Å²) in [4.78, 5) is 19.5. The summed E-state index contributed by atoms with van der Waals surface area (Å²) in [5.41, 5.74) is 7.53. The molecule has 0 saturated carbocycles. The van der Waals surface area contributed by atoms with Gasteiger partial charge in [-0.15, -0.1) is 0 Å². The lowest BCUT2D eigenvalue weighted by Crippen LogP contribution is -2.31. The fraction of sp³-hybridized carbons (Fsp3) is 0.250. The van der Waals surface area contributed by atoms with Crippen LogP contribution in [0.1, 0.15) is 30.3 Å². The third-order valence-corrected chi connectivity index (χ3v) is 4.62. The van der Waals surface area contributed by atoms with Crippen molar-refractivity contribution < 1.29 is 9.53 Å². The van der Waals surface area contributed by atoms with E-state index in [2.05, 4.69) is 20.5 Å². The van der Waals surface area contributed by atoms with Gasteiger partial charge in [-0.25, -0.2) is 10.4 Å². The fourth-order valence-electron chi connectivity index (χ4n) is 3.24. The van der Waals surface area contributed by atoms with Gasteiger partial charge in [-0.2, -0.15) is 5.10 Å². The van der Waals surface area contributed by atoms with Crippen LogP contribution in [0.15, 0.2) is 47.6 Å². The summed E-state index contributed by atoms with van der Waals surface area (Å²) >= 11 is 0. The molecule has 0 radical (unpaired) electrons. The molecule has 1 aromatic heterocycles. The van der Waals surface area contributed by atoms with E-state index in [1.54, 1.807) is 7.11 Å². The van der Waals surface area contributed by atoms with Crippen LogP contribution in [-0.4, -0.2) is 28.7 Å². The van der Waals surface area contributed by atoms with E-state index >= 15 is 0 Å². The second kappa shape index (κ2) is 6.63. The number of rotatable bonds is 4. The highest BCUT2D eigenvalue weighted by molar-refractivity contribution is 6.07. The summed E-state index contributed by atoms with van der Waals surface area (Å²) in [6.07, 6.45) is 1.18. The van der Waals surface area contributed by atoms with Crippen molar-refractivity contribution in [3.05, 3.63) is 59.4 Å². The van der Waals surface area contributed by atoms with Crippen LogP contribution < -0.4 is 10.2 Å². The van der Waals surface area contributed by atoms with Gasteiger partial charge < -0.3 is 9.72 Å². The van der Waals surface area contributed by atoms with Crippen LogP contribution in [-0.2, 0) is 11.2 Å². The van der Waals surface area contributed by atoms with Gasteiger partial charge >= 0.3 is 0 Å². The molecule has 0 bridgehead atoms. The van der Waals surface area contributed by atoms with Crippen LogP contribution >= 0.6 is 0 Å². The van der Waals surface area contributed by atoms with Gasteiger partial charge in [0.15, 0.2) is 0 Å². The molecule has 1 amide bonds. The molecular formula is C20H20N4O2. The predicted octanol–water partition coefficient (Wildman–Crippen LogP) is 3.02. The van der Waals surface area contributed by atoms with Crippen molar-refractivity contribution in [2.75, 3.05) is 7.11 Å². The molecule has 2 aromatic carbocycles. The monoisotopic (exact) mass is 348 g/mol. The molecular weight excluding hydrogens is 328 g/mol. The minimum Gasteiger partial charge on any atom is -0.497 e. The minimum atomic E-state index is -0.0364. The van der Waals surface area contributed by atoms with E-state index in [0.29, 0.717) is 6.42 Å². The van der Waals surface area contributed by atoms with Gasteiger partial charge in [0.25, 0.3) is 0 Å². The van der Waals surface area contributed by atoms with E-state index in [4.69, 9.17) is 4.74 Å². The summed E-state index contributed by atoms with van der Waals surface area (Å²) < 4.78 is 5.19. The average Bonchev–Trinajstić information content (AvgIpc) is 3.03. The Morgan fingerprint density at radius 3 is 2.73 bits per heavy atom. The van der Waals surface area contributed by atoms with Gasteiger partial charge in [-0.05, 0) is 29.8 Å². The fourth-order valence-corrected chi connectivity index (χ4v) is 3.24. The molecule has 0 spiro atoms. The van der Waals surface area contributed by atoms with E-state index in [1.165, 1.54) is 0 Å². The first-order valence-corrected chi connectivity index (χ1v) is 8.61. The predicted molar refractivity (Wildman–Crippen MR) is 100 cm³/mol. The number of amides is 1. The molecule has 1 aliphatic heterocycles. The van der Waals surface area contributed by atoms with Crippen molar-refractivity contribution in [2.45, 2.75) is 19.8 Å². The smallest absolute Gasteiger partial charge is 0.240 e. The number of H-pyrrole nitrogens is 1. The molecule has 1 atom stereocenters. The molecule has 132 valence electrons. The summed E-state index contributed by atoms with van der Waals surface area (Å²) in [6.45, 7) is 2.02. The quantitative estimate of drug-likeness (QED) is 0.761. The number of carbonyl (C=O) groups is 1. The van der Waals surface area contributed by atoms with Gasteiger partial charge in [-0.3, -0.25) is 4.79 Å². The number of carbonyl (C=O) groups excluding carboxylic acids is 1. The Morgan fingerprint density at radius 1 is 1.19 bits per heavy atom. The summed E-state index contributed by atoms with van der Waals surface area (Å²) in [6, 6.07) is 14.0. The Hall–Kier alpha value is -3.15. The second-order valence-electron chi connectivity index (χ2n) is 6.58. The van der Waals surface area contributed by atoms with Gasteiger partial charge in [0, 0.05) is 24.3 Å². The highest BCUT2D eigenvalue weighted by atomic mass is 16.5. The Kier molecular flexibility index (Phi) is 4.16. The molecule has 2 N–H and O–H groups in total. The van der Waals surface area contributed by atoms with E-state index in [9.17, 15) is 4.79 Å². The van der Waals surface area contributed by atoms with Crippen LogP contribution in [0.2, 0.25) is 0 Å². The van der Waals surface area contributed by atoms with Crippen LogP contribution in [0.4, 0.5) is 0 Å². The molecule has 26 heavy (non-hydrogen) atoms. The number of imidazole rings is 1. The van der Waals surface area contributed by atoms with Crippen LogP contribution in [0.3, 0.4) is 0 Å². The van der Waals surface area contributed by atoms with E-state index in [0.717, 1.165) is 45.9 Å². The van der Waals surface area contributed by atoms with Crippen LogP contribution in [0.5, 0.6) is 5.75 Å². The molecule has 4 rings (SSSR count). The first-order chi connectivity index (χ1) is 12.6. The van der Waals surface area contributed by atoms with Crippen molar-refractivity contribution >= 4 is 22.7 Å². The largest absolute Gasteiger partial charge is 0.497 e. The van der Waals surface area contributed by atoms with Gasteiger partial charge in [0.2, 0.25) is 5.91 Å². The van der Waals surface area contributed by atoms with Crippen molar-refractivity contribution in [3.63, 3.8) is 0 Å². The molecule has 6 heteroatoms. The minimum absolute atomic E-state index is 0.0364. The number of hydrogen-bond acceptors (Lipinski definition) is 4. The number of aromatic nitrogens is 2. The number of benzene rings is 2. The zero-order valence-electron chi connectivity index (χ0n) is 14.7. The number of hydrazone groups is 1. The molecule has 6 nitrogen and oxygen atoms in total. The van der Waals surface area contributed by atoms with Gasteiger partial charge in [-0.1, -0.05) is 25.1 Å². The Bertz CT molecular complexity index is 989. The number of hydrogen-bond donors (Lipinski definition) is 2. The first-order valence-electron chi connectivity index (χ1n) is 8.61.